The maximum Gasteiger partial charge on any atom is 0.293 e. The van der Waals surface area contributed by atoms with Crippen LogP contribution in [-0.2, 0) is 11.3 Å². The lowest BCUT2D eigenvalue weighted by Crippen LogP contribution is -2.27. The fraction of sp³-hybridized carbons (Fsp3) is 0.0909. The van der Waals surface area contributed by atoms with Gasteiger partial charge in [0.05, 0.1) is 23.0 Å². The van der Waals surface area contributed by atoms with E-state index in [1.165, 1.54) is 4.90 Å². The molecule has 1 aliphatic heterocycles. The molecule has 7 heteroatoms. The van der Waals surface area contributed by atoms with E-state index in [1.54, 1.807) is 13.2 Å². The minimum absolute atomic E-state index is 0.242. The van der Waals surface area contributed by atoms with Crippen molar-refractivity contribution in [3.05, 3.63) is 79.6 Å². The molecule has 146 valence electrons. The van der Waals surface area contributed by atoms with Gasteiger partial charge in [-0.2, -0.15) is 0 Å². The second-order valence-corrected chi connectivity index (χ2v) is 9.22. The molecule has 0 radical (unpaired) electrons. The Morgan fingerprint density at radius 1 is 1.03 bits per heavy atom. The normalized spacial score (nSPS) is 15.6. The van der Waals surface area contributed by atoms with Crippen molar-refractivity contribution in [1.29, 1.82) is 0 Å². The van der Waals surface area contributed by atoms with Gasteiger partial charge in [0.1, 0.15) is 5.75 Å². The summed E-state index contributed by atoms with van der Waals surface area (Å²) in [7, 11) is 1.57. The molecular weight excluding hydrogens is 518 g/mol. The van der Waals surface area contributed by atoms with E-state index in [-0.39, 0.29) is 17.7 Å². The Morgan fingerprint density at radius 3 is 2.55 bits per heavy atom. The average Bonchev–Trinajstić information content (AvgIpc) is 2.95. The highest BCUT2D eigenvalue weighted by Crippen LogP contribution is 2.38. The van der Waals surface area contributed by atoms with Crippen LogP contribution in [0.15, 0.2) is 68.4 Å². The Bertz CT molecular complexity index is 1180. The van der Waals surface area contributed by atoms with E-state index in [1.807, 2.05) is 54.6 Å². The van der Waals surface area contributed by atoms with Crippen LogP contribution in [0.2, 0.25) is 0 Å². The predicted octanol–water partition coefficient (Wildman–Crippen LogP) is 6.61. The van der Waals surface area contributed by atoms with Crippen molar-refractivity contribution in [2.24, 2.45) is 0 Å². The van der Waals surface area contributed by atoms with Crippen molar-refractivity contribution in [3.63, 3.8) is 0 Å². The standard InChI is InChI=1S/C22H15Br2NO3S/c1-28-20-16(9-17(23)11-18(20)24)10-19-21(26)25(22(27)29-19)12-13-6-7-14-4-2-3-5-15(14)8-13/h2-11H,12H2,1H3/b19-10-. The summed E-state index contributed by atoms with van der Waals surface area (Å²) >= 11 is 7.84. The maximum atomic E-state index is 12.9. The fourth-order valence-corrected chi connectivity index (χ4v) is 5.45. The van der Waals surface area contributed by atoms with Crippen LogP contribution in [0.5, 0.6) is 5.75 Å². The molecule has 0 saturated carbocycles. The SMILES string of the molecule is COc1c(Br)cc(Br)cc1/C=C1\SC(=O)N(Cc2ccc3ccccc3c2)C1=O. The van der Waals surface area contributed by atoms with E-state index in [2.05, 4.69) is 31.9 Å². The fourth-order valence-electron chi connectivity index (χ4n) is 3.20. The van der Waals surface area contributed by atoms with Crippen LogP contribution in [0.4, 0.5) is 4.79 Å². The number of rotatable bonds is 4. The molecule has 3 aromatic carbocycles. The third-order valence-corrected chi connectivity index (χ3v) is 6.51. The van der Waals surface area contributed by atoms with Gasteiger partial charge in [-0.25, -0.2) is 0 Å². The number of amides is 2. The zero-order chi connectivity index (χ0) is 20.5. The number of ether oxygens (including phenoxy) is 1. The van der Waals surface area contributed by atoms with E-state index in [0.29, 0.717) is 16.2 Å². The number of benzene rings is 3. The third kappa shape index (κ3) is 4.13. The van der Waals surface area contributed by atoms with Gasteiger partial charge in [-0.15, -0.1) is 0 Å². The average molecular weight is 533 g/mol. The van der Waals surface area contributed by atoms with Crippen molar-refractivity contribution < 1.29 is 14.3 Å². The summed E-state index contributed by atoms with van der Waals surface area (Å²) in [6, 6.07) is 17.7. The van der Waals surface area contributed by atoms with Crippen LogP contribution in [0.1, 0.15) is 11.1 Å². The largest absolute Gasteiger partial charge is 0.495 e. The van der Waals surface area contributed by atoms with Crippen molar-refractivity contribution >= 4 is 71.6 Å². The summed E-state index contributed by atoms with van der Waals surface area (Å²) in [5.41, 5.74) is 1.62. The number of hydrogen-bond acceptors (Lipinski definition) is 4. The molecule has 0 aliphatic carbocycles. The number of thioether (sulfide) groups is 1. The van der Waals surface area contributed by atoms with Crippen LogP contribution in [0, 0.1) is 0 Å². The number of hydrogen-bond donors (Lipinski definition) is 0. The molecule has 4 nitrogen and oxygen atoms in total. The molecule has 0 spiro atoms. The Balaban J connectivity index is 1.63. The lowest BCUT2D eigenvalue weighted by Gasteiger charge is -2.13. The summed E-state index contributed by atoms with van der Waals surface area (Å²) in [5.74, 6) is 0.306. The molecule has 1 saturated heterocycles. The van der Waals surface area contributed by atoms with Crippen molar-refractivity contribution in [2.45, 2.75) is 6.54 Å². The number of imide groups is 1. The number of carbonyl (C=O) groups is 2. The summed E-state index contributed by atoms with van der Waals surface area (Å²) in [5, 5.41) is 1.93. The van der Waals surface area contributed by atoms with Gasteiger partial charge < -0.3 is 4.74 Å². The lowest BCUT2D eigenvalue weighted by atomic mass is 10.1. The summed E-state index contributed by atoms with van der Waals surface area (Å²) in [6.07, 6.45) is 1.69. The molecule has 29 heavy (non-hydrogen) atoms. The number of halogens is 2. The highest BCUT2D eigenvalue weighted by atomic mass is 79.9. The molecule has 0 atom stereocenters. The molecule has 2 amide bonds. The first kappa shape index (κ1) is 20.2. The summed E-state index contributed by atoms with van der Waals surface area (Å²) in [6.45, 7) is 0.242. The van der Waals surface area contributed by atoms with Crippen LogP contribution in [-0.4, -0.2) is 23.2 Å². The van der Waals surface area contributed by atoms with Gasteiger partial charge in [-0.3, -0.25) is 14.5 Å². The first-order chi connectivity index (χ1) is 14.0. The Hall–Kier alpha value is -2.09. The van der Waals surface area contributed by atoms with E-state index in [4.69, 9.17) is 4.74 Å². The van der Waals surface area contributed by atoms with E-state index >= 15 is 0 Å². The molecule has 0 bridgehead atoms. The van der Waals surface area contributed by atoms with E-state index < -0.39 is 0 Å². The Kier molecular flexibility index (Phi) is 5.81. The number of methoxy groups -OCH3 is 1. The molecule has 1 heterocycles. The molecule has 1 fully saturated rings. The second-order valence-electron chi connectivity index (χ2n) is 6.46. The van der Waals surface area contributed by atoms with Gasteiger partial charge in [0.15, 0.2) is 0 Å². The zero-order valence-corrected chi connectivity index (χ0v) is 19.3. The van der Waals surface area contributed by atoms with Crippen LogP contribution in [0.25, 0.3) is 16.8 Å². The van der Waals surface area contributed by atoms with Crippen LogP contribution >= 0.6 is 43.6 Å². The smallest absolute Gasteiger partial charge is 0.293 e. The predicted molar refractivity (Wildman–Crippen MR) is 124 cm³/mol. The molecular formula is C22H15Br2NO3S. The summed E-state index contributed by atoms with van der Waals surface area (Å²) in [4.78, 5) is 27.1. The van der Waals surface area contributed by atoms with Gasteiger partial charge in [0.2, 0.25) is 0 Å². The maximum absolute atomic E-state index is 12.9. The Morgan fingerprint density at radius 2 is 1.79 bits per heavy atom. The minimum Gasteiger partial charge on any atom is -0.495 e. The van der Waals surface area contributed by atoms with E-state index in [0.717, 1.165) is 37.0 Å². The zero-order valence-electron chi connectivity index (χ0n) is 15.3. The van der Waals surface area contributed by atoms with Gasteiger partial charge in [0, 0.05) is 10.0 Å². The summed E-state index contributed by atoms with van der Waals surface area (Å²) < 4.78 is 7.04. The monoisotopic (exact) mass is 531 g/mol. The van der Waals surface area contributed by atoms with Crippen LogP contribution in [0.3, 0.4) is 0 Å². The number of fused-ring (bicyclic) bond motifs is 1. The van der Waals surface area contributed by atoms with Gasteiger partial charge in [-0.05, 0) is 68.3 Å². The molecule has 0 unspecified atom stereocenters. The molecule has 1 aliphatic rings. The minimum atomic E-state index is -0.300. The molecule has 0 N–H and O–H groups in total. The molecule has 3 aromatic rings. The highest BCUT2D eigenvalue weighted by molar-refractivity contribution is 9.11. The van der Waals surface area contributed by atoms with Crippen molar-refractivity contribution in [1.82, 2.24) is 4.90 Å². The lowest BCUT2D eigenvalue weighted by molar-refractivity contribution is -0.123. The molecule has 0 aromatic heterocycles. The highest BCUT2D eigenvalue weighted by Gasteiger charge is 2.35. The quantitative estimate of drug-likeness (QED) is 0.355. The van der Waals surface area contributed by atoms with Gasteiger partial charge in [-0.1, -0.05) is 52.3 Å². The first-order valence-corrected chi connectivity index (χ1v) is 11.1. The second kappa shape index (κ2) is 8.34. The van der Waals surface area contributed by atoms with Gasteiger partial charge in [0.25, 0.3) is 11.1 Å². The van der Waals surface area contributed by atoms with E-state index in [9.17, 15) is 9.59 Å². The Labute approximate surface area is 189 Å². The molecule has 4 rings (SSSR count). The van der Waals surface area contributed by atoms with Crippen molar-refractivity contribution in [2.75, 3.05) is 7.11 Å². The number of nitrogens with zero attached hydrogens (tertiary/aromatic N) is 1. The first-order valence-electron chi connectivity index (χ1n) is 8.72. The topological polar surface area (TPSA) is 46.6 Å². The van der Waals surface area contributed by atoms with Crippen molar-refractivity contribution in [3.8, 4) is 5.75 Å². The third-order valence-electron chi connectivity index (χ3n) is 4.56. The van der Waals surface area contributed by atoms with Crippen LogP contribution < -0.4 is 4.74 Å². The van der Waals surface area contributed by atoms with Gasteiger partial charge >= 0.3 is 0 Å². The number of carbonyl (C=O) groups excluding carboxylic acids is 2.